The van der Waals surface area contributed by atoms with Crippen LogP contribution in [0.25, 0.3) is 0 Å². The summed E-state index contributed by atoms with van der Waals surface area (Å²) in [6.07, 6.45) is 0.981. The average molecular weight is 246 g/mol. The van der Waals surface area contributed by atoms with Crippen molar-refractivity contribution in [2.24, 2.45) is 0 Å². The molecule has 0 radical (unpaired) electrons. The number of rotatable bonds is 6. The lowest BCUT2D eigenvalue weighted by Gasteiger charge is -2.20. The van der Waals surface area contributed by atoms with Crippen LogP contribution in [0.5, 0.6) is 0 Å². The standard InChI is InChI=1S/C12H17ClFNO/c1-2-5-15(6-7-16)9-10-3-4-11(13)8-12(10)14/h3-4,8,16H,2,5-7,9H2,1H3. The van der Waals surface area contributed by atoms with Crippen molar-refractivity contribution in [1.82, 2.24) is 4.90 Å². The normalized spacial score (nSPS) is 11.1. The number of halogens is 2. The number of hydrogen-bond acceptors (Lipinski definition) is 2. The third kappa shape index (κ3) is 4.08. The van der Waals surface area contributed by atoms with Gasteiger partial charge in [-0.25, -0.2) is 4.39 Å². The van der Waals surface area contributed by atoms with Crippen LogP contribution in [-0.4, -0.2) is 29.7 Å². The van der Waals surface area contributed by atoms with Gasteiger partial charge in [-0.3, -0.25) is 4.90 Å². The summed E-state index contributed by atoms with van der Waals surface area (Å²) in [6.45, 7) is 4.08. The van der Waals surface area contributed by atoms with Crippen molar-refractivity contribution in [3.63, 3.8) is 0 Å². The Kier molecular flexibility index (Phi) is 5.74. The number of nitrogens with zero attached hydrogens (tertiary/aromatic N) is 1. The van der Waals surface area contributed by atoms with Crippen LogP contribution in [0.1, 0.15) is 18.9 Å². The van der Waals surface area contributed by atoms with Crippen molar-refractivity contribution < 1.29 is 9.50 Å². The molecule has 2 nitrogen and oxygen atoms in total. The summed E-state index contributed by atoms with van der Waals surface area (Å²) in [5.74, 6) is -0.286. The molecule has 0 amide bonds. The summed E-state index contributed by atoms with van der Waals surface area (Å²) >= 11 is 5.68. The SMILES string of the molecule is CCCN(CCO)Cc1ccc(Cl)cc1F. The molecule has 16 heavy (non-hydrogen) atoms. The molecule has 90 valence electrons. The van der Waals surface area contributed by atoms with E-state index >= 15 is 0 Å². The molecule has 1 N–H and O–H groups in total. The molecular formula is C12H17ClFNO. The van der Waals surface area contributed by atoms with E-state index in [1.807, 2.05) is 4.90 Å². The first-order chi connectivity index (χ1) is 7.67. The van der Waals surface area contributed by atoms with E-state index in [-0.39, 0.29) is 12.4 Å². The highest BCUT2D eigenvalue weighted by Gasteiger charge is 2.08. The van der Waals surface area contributed by atoms with E-state index in [0.29, 0.717) is 23.7 Å². The first kappa shape index (κ1) is 13.4. The van der Waals surface area contributed by atoms with Crippen LogP contribution in [0.3, 0.4) is 0 Å². The Morgan fingerprint density at radius 3 is 2.69 bits per heavy atom. The van der Waals surface area contributed by atoms with Crippen LogP contribution in [-0.2, 0) is 6.54 Å². The molecule has 0 saturated carbocycles. The molecule has 0 aromatic heterocycles. The Hall–Kier alpha value is -0.640. The molecule has 0 heterocycles. The zero-order valence-electron chi connectivity index (χ0n) is 9.42. The lowest BCUT2D eigenvalue weighted by atomic mass is 10.2. The summed E-state index contributed by atoms with van der Waals surface area (Å²) < 4.78 is 13.5. The van der Waals surface area contributed by atoms with Crippen LogP contribution >= 0.6 is 11.6 Å². The Labute approximate surface area is 101 Å². The van der Waals surface area contributed by atoms with Gasteiger partial charge in [0.2, 0.25) is 0 Å². The van der Waals surface area contributed by atoms with E-state index in [2.05, 4.69) is 6.92 Å². The van der Waals surface area contributed by atoms with Gasteiger partial charge in [0.1, 0.15) is 5.82 Å². The van der Waals surface area contributed by atoms with Gasteiger partial charge in [-0.05, 0) is 25.1 Å². The van der Waals surface area contributed by atoms with Gasteiger partial charge in [0.25, 0.3) is 0 Å². The Bertz CT molecular complexity index is 327. The Morgan fingerprint density at radius 1 is 1.38 bits per heavy atom. The average Bonchev–Trinajstić information content (AvgIpc) is 2.23. The molecule has 0 bridgehead atoms. The summed E-state index contributed by atoms with van der Waals surface area (Å²) in [6, 6.07) is 4.70. The fraction of sp³-hybridized carbons (Fsp3) is 0.500. The highest BCUT2D eigenvalue weighted by molar-refractivity contribution is 6.30. The maximum atomic E-state index is 13.5. The summed E-state index contributed by atoms with van der Waals surface area (Å²) in [7, 11) is 0. The van der Waals surface area contributed by atoms with Crippen LogP contribution in [0.15, 0.2) is 18.2 Å². The zero-order chi connectivity index (χ0) is 12.0. The number of aliphatic hydroxyl groups is 1. The molecule has 0 saturated heterocycles. The number of benzene rings is 1. The topological polar surface area (TPSA) is 23.5 Å². The van der Waals surface area contributed by atoms with E-state index < -0.39 is 0 Å². The van der Waals surface area contributed by atoms with E-state index in [0.717, 1.165) is 13.0 Å². The zero-order valence-corrected chi connectivity index (χ0v) is 10.2. The first-order valence-corrected chi connectivity index (χ1v) is 5.82. The summed E-state index contributed by atoms with van der Waals surface area (Å²) in [4.78, 5) is 2.02. The molecule has 4 heteroatoms. The van der Waals surface area contributed by atoms with E-state index in [4.69, 9.17) is 16.7 Å². The van der Waals surface area contributed by atoms with Crippen molar-refractivity contribution in [2.45, 2.75) is 19.9 Å². The molecule has 0 spiro atoms. The van der Waals surface area contributed by atoms with Crippen LogP contribution < -0.4 is 0 Å². The smallest absolute Gasteiger partial charge is 0.129 e. The molecule has 0 atom stereocenters. The third-order valence-corrected chi connectivity index (χ3v) is 2.60. The molecule has 0 unspecified atom stereocenters. The molecule has 0 fully saturated rings. The molecule has 1 aromatic rings. The van der Waals surface area contributed by atoms with Gasteiger partial charge in [0.05, 0.1) is 6.61 Å². The maximum absolute atomic E-state index is 13.5. The van der Waals surface area contributed by atoms with E-state index in [9.17, 15) is 4.39 Å². The highest BCUT2D eigenvalue weighted by atomic mass is 35.5. The summed E-state index contributed by atoms with van der Waals surface area (Å²) in [5, 5.41) is 9.31. The Morgan fingerprint density at radius 2 is 2.12 bits per heavy atom. The van der Waals surface area contributed by atoms with Crippen LogP contribution in [0, 0.1) is 5.82 Å². The molecule has 1 aromatic carbocycles. The first-order valence-electron chi connectivity index (χ1n) is 5.44. The fourth-order valence-electron chi connectivity index (χ4n) is 1.62. The molecule has 1 rings (SSSR count). The second kappa shape index (κ2) is 6.84. The molecule has 0 aliphatic carbocycles. The molecular weight excluding hydrogens is 229 g/mol. The third-order valence-electron chi connectivity index (χ3n) is 2.37. The highest BCUT2D eigenvalue weighted by Crippen LogP contribution is 2.16. The van der Waals surface area contributed by atoms with Crippen molar-refractivity contribution in [3.8, 4) is 0 Å². The van der Waals surface area contributed by atoms with Gasteiger partial charge in [0.15, 0.2) is 0 Å². The van der Waals surface area contributed by atoms with Crippen molar-refractivity contribution in [2.75, 3.05) is 19.7 Å². The van der Waals surface area contributed by atoms with Gasteiger partial charge in [-0.15, -0.1) is 0 Å². The molecule has 0 aliphatic heterocycles. The van der Waals surface area contributed by atoms with Gasteiger partial charge in [0, 0.05) is 23.7 Å². The van der Waals surface area contributed by atoms with Crippen molar-refractivity contribution in [3.05, 3.63) is 34.6 Å². The lowest BCUT2D eigenvalue weighted by molar-refractivity contribution is 0.189. The monoisotopic (exact) mass is 245 g/mol. The Balaban J connectivity index is 2.68. The minimum absolute atomic E-state index is 0.0925. The second-order valence-corrected chi connectivity index (χ2v) is 4.17. The minimum Gasteiger partial charge on any atom is -0.395 e. The maximum Gasteiger partial charge on any atom is 0.129 e. The van der Waals surface area contributed by atoms with Crippen LogP contribution in [0.2, 0.25) is 5.02 Å². The van der Waals surface area contributed by atoms with E-state index in [1.165, 1.54) is 6.07 Å². The fourth-order valence-corrected chi connectivity index (χ4v) is 1.78. The van der Waals surface area contributed by atoms with Crippen LogP contribution in [0.4, 0.5) is 4.39 Å². The van der Waals surface area contributed by atoms with Gasteiger partial charge in [-0.1, -0.05) is 24.6 Å². The predicted octanol–water partition coefficient (Wildman–Crippen LogP) is 2.68. The largest absolute Gasteiger partial charge is 0.395 e. The molecule has 0 aliphatic rings. The number of hydrogen-bond donors (Lipinski definition) is 1. The second-order valence-electron chi connectivity index (χ2n) is 3.74. The van der Waals surface area contributed by atoms with Crippen molar-refractivity contribution in [1.29, 1.82) is 0 Å². The van der Waals surface area contributed by atoms with E-state index in [1.54, 1.807) is 12.1 Å². The predicted molar refractivity (Wildman–Crippen MR) is 64.1 cm³/mol. The van der Waals surface area contributed by atoms with Gasteiger partial charge < -0.3 is 5.11 Å². The van der Waals surface area contributed by atoms with Crippen molar-refractivity contribution >= 4 is 11.6 Å². The lowest BCUT2D eigenvalue weighted by Crippen LogP contribution is -2.27. The quantitative estimate of drug-likeness (QED) is 0.833. The van der Waals surface area contributed by atoms with Gasteiger partial charge in [-0.2, -0.15) is 0 Å². The number of aliphatic hydroxyl groups excluding tert-OH is 1. The van der Waals surface area contributed by atoms with Gasteiger partial charge >= 0.3 is 0 Å². The summed E-state index contributed by atoms with van der Waals surface area (Å²) in [5.41, 5.74) is 0.617. The minimum atomic E-state index is -0.286.